The molecule has 0 amide bonds. The van der Waals surface area contributed by atoms with Crippen molar-refractivity contribution in [2.75, 3.05) is 13.1 Å². The maximum Gasteiger partial charge on any atom is 0.0266 e. The molecule has 2 rings (SSSR count). The molecule has 2 atom stereocenters. The minimum Gasteiger partial charge on any atom is -0.324 e. The van der Waals surface area contributed by atoms with E-state index in [9.17, 15) is 0 Å². The van der Waals surface area contributed by atoms with Crippen molar-refractivity contribution in [2.45, 2.75) is 39.3 Å². The van der Waals surface area contributed by atoms with E-state index in [1.807, 2.05) is 6.92 Å². The lowest BCUT2D eigenvalue weighted by Crippen LogP contribution is -2.33. The number of benzene rings is 1. The summed E-state index contributed by atoms with van der Waals surface area (Å²) in [5, 5.41) is 0. The van der Waals surface area contributed by atoms with Crippen LogP contribution in [-0.2, 0) is 6.54 Å². The lowest BCUT2D eigenvalue weighted by atomic mass is 9.99. The summed E-state index contributed by atoms with van der Waals surface area (Å²) in [6, 6.07) is 8.90. The lowest BCUT2D eigenvalue weighted by Gasteiger charge is -2.30. The Morgan fingerprint density at radius 1 is 1.35 bits per heavy atom. The lowest BCUT2D eigenvalue weighted by molar-refractivity contribution is 0.176. The Labute approximate surface area is 105 Å². The molecule has 2 unspecified atom stereocenters. The van der Waals surface area contributed by atoms with Gasteiger partial charge in [0.05, 0.1) is 0 Å². The number of nitrogens with zero attached hydrogens (tertiary/aromatic N) is 1. The minimum atomic E-state index is 0.138. The van der Waals surface area contributed by atoms with Crippen LogP contribution in [0.2, 0.25) is 0 Å². The summed E-state index contributed by atoms with van der Waals surface area (Å²) in [6.45, 7) is 7.96. The van der Waals surface area contributed by atoms with Crippen molar-refractivity contribution in [2.24, 2.45) is 11.7 Å². The molecule has 1 saturated heterocycles. The van der Waals surface area contributed by atoms with Crippen molar-refractivity contribution in [3.8, 4) is 0 Å². The van der Waals surface area contributed by atoms with Crippen molar-refractivity contribution in [1.29, 1.82) is 0 Å². The Morgan fingerprint density at radius 2 is 2.06 bits per heavy atom. The van der Waals surface area contributed by atoms with E-state index < -0.39 is 0 Å². The van der Waals surface area contributed by atoms with E-state index in [2.05, 4.69) is 36.1 Å². The Bertz CT molecular complexity index is 342. The zero-order chi connectivity index (χ0) is 12.3. The van der Waals surface area contributed by atoms with Gasteiger partial charge in [-0.25, -0.2) is 0 Å². The molecular weight excluding hydrogens is 208 g/mol. The average Bonchev–Trinajstić information content (AvgIpc) is 2.29. The molecule has 0 aliphatic carbocycles. The molecule has 2 heteroatoms. The van der Waals surface area contributed by atoms with E-state index in [0.29, 0.717) is 0 Å². The zero-order valence-electron chi connectivity index (χ0n) is 11.0. The number of rotatable bonds is 3. The molecule has 1 aromatic rings. The molecule has 2 nitrogen and oxygen atoms in total. The molecule has 0 bridgehead atoms. The van der Waals surface area contributed by atoms with Crippen LogP contribution in [0.4, 0.5) is 0 Å². The second-order valence-corrected chi connectivity index (χ2v) is 5.51. The number of hydrogen-bond donors (Lipinski definition) is 1. The summed E-state index contributed by atoms with van der Waals surface area (Å²) in [6.07, 6.45) is 2.74. The van der Waals surface area contributed by atoms with E-state index in [0.717, 1.165) is 12.5 Å². The summed E-state index contributed by atoms with van der Waals surface area (Å²) in [7, 11) is 0. The fourth-order valence-electron chi connectivity index (χ4n) is 2.62. The molecular formula is C15H24N2. The maximum absolute atomic E-state index is 5.86. The summed E-state index contributed by atoms with van der Waals surface area (Å²) < 4.78 is 0. The van der Waals surface area contributed by atoms with Gasteiger partial charge in [0.2, 0.25) is 0 Å². The van der Waals surface area contributed by atoms with Crippen LogP contribution in [0.15, 0.2) is 24.3 Å². The third-order valence-corrected chi connectivity index (χ3v) is 3.65. The van der Waals surface area contributed by atoms with Gasteiger partial charge in [0.15, 0.2) is 0 Å². The molecule has 2 N–H and O–H groups in total. The highest BCUT2D eigenvalue weighted by Crippen LogP contribution is 2.18. The highest BCUT2D eigenvalue weighted by Gasteiger charge is 2.16. The van der Waals surface area contributed by atoms with E-state index in [-0.39, 0.29) is 6.04 Å². The van der Waals surface area contributed by atoms with Crippen LogP contribution in [-0.4, -0.2) is 18.0 Å². The number of hydrogen-bond acceptors (Lipinski definition) is 2. The molecule has 17 heavy (non-hydrogen) atoms. The van der Waals surface area contributed by atoms with Crippen molar-refractivity contribution in [3.05, 3.63) is 35.4 Å². The van der Waals surface area contributed by atoms with Crippen molar-refractivity contribution >= 4 is 0 Å². The van der Waals surface area contributed by atoms with Crippen LogP contribution < -0.4 is 5.73 Å². The SMILES string of the molecule is CC1CCCN(Cc2ccc(C(C)N)cc2)C1. The Hall–Kier alpha value is -0.860. The highest BCUT2D eigenvalue weighted by molar-refractivity contribution is 5.24. The second kappa shape index (κ2) is 5.65. The van der Waals surface area contributed by atoms with Gasteiger partial charge < -0.3 is 5.73 Å². The average molecular weight is 232 g/mol. The fourth-order valence-corrected chi connectivity index (χ4v) is 2.62. The number of piperidine rings is 1. The second-order valence-electron chi connectivity index (χ2n) is 5.51. The van der Waals surface area contributed by atoms with Gasteiger partial charge in [0.1, 0.15) is 0 Å². The van der Waals surface area contributed by atoms with Crippen LogP contribution in [0.5, 0.6) is 0 Å². The predicted octanol–water partition coefficient (Wildman–Crippen LogP) is 2.94. The zero-order valence-corrected chi connectivity index (χ0v) is 11.0. The van der Waals surface area contributed by atoms with Crippen LogP contribution in [0.1, 0.15) is 43.9 Å². The standard InChI is InChI=1S/C15H24N2/c1-12-4-3-9-17(10-12)11-14-5-7-15(8-6-14)13(2)16/h5-8,12-13H,3-4,9-11,16H2,1-2H3. The van der Waals surface area contributed by atoms with Gasteiger partial charge in [-0.3, -0.25) is 4.90 Å². The quantitative estimate of drug-likeness (QED) is 0.868. The van der Waals surface area contributed by atoms with Gasteiger partial charge in [0.25, 0.3) is 0 Å². The fraction of sp³-hybridized carbons (Fsp3) is 0.600. The van der Waals surface area contributed by atoms with Crippen LogP contribution in [0, 0.1) is 5.92 Å². The van der Waals surface area contributed by atoms with Gasteiger partial charge in [-0.05, 0) is 43.4 Å². The molecule has 1 aromatic carbocycles. The first-order valence-electron chi connectivity index (χ1n) is 6.72. The topological polar surface area (TPSA) is 29.3 Å². The third kappa shape index (κ3) is 3.55. The molecule has 0 saturated carbocycles. The summed E-state index contributed by atoms with van der Waals surface area (Å²) in [5.74, 6) is 0.854. The van der Waals surface area contributed by atoms with Crippen molar-refractivity contribution < 1.29 is 0 Å². The highest BCUT2D eigenvalue weighted by atomic mass is 15.1. The van der Waals surface area contributed by atoms with Crippen LogP contribution in [0.25, 0.3) is 0 Å². The normalized spacial score (nSPS) is 23.6. The summed E-state index contributed by atoms with van der Waals surface area (Å²) in [5.41, 5.74) is 8.48. The molecule has 1 heterocycles. The van der Waals surface area contributed by atoms with Gasteiger partial charge >= 0.3 is 0 Å². The summed E-state index contributed by atoms with van der Waals surface area (Å²) in [4.78, 5) is 2.56. The van der Waals surface area contributed by atoms with E-state index in [4.69, 9.17) is 5.73 Å². The first kappa shape index (κ1) is 12.6. The molecule has 1 fully saturated rings. The van der Waals surface area contributed by atoms with E-state index in [1.54, 1.807) is 0 Å². The largest absolute Gasteiger partial charge is 0.324 e. The van der Waals surface area contributed by atoms with E-state index >= 15 is 0 Å². The molecule has 1 aliphatic rings. The molecule has 0 spiro atoms. The van der Waals surface area contributed by atoms with Gasteiger partial charge in [-0.15, -0.1) is 0 Å². The van der Waals surface area contributed by atoms with Gasteiger partial charge in [0, 0.05) is 19.1 Å². The molecule has 94 valence electrons. The minimum absolute atomic E-state index is 0.138. The molecule has 0 aromatic heterocycles. The molecule has 1 aliphatic heterocycles. The smallest absolute Gasteiger partial charge is 0.0266 e. The number of nitrogens with two attached hydrogens (primary N) is 1. The summed E-state index contributed by atoms with van der Waals surface area (Å²) >= 11 is 0. The van der Waals surface area contributed by atoms with Crippen LogP contribution >= 0.6 is 0 Å². The Balaban J connectivity index is 1.94. The first-order chi connectivity index (χ1) is 8.15. The van der Waals surface area contributed by atoms with Crippen molar-refractivity contribution in [1.82, 2.24) is 4.90 Å². The monoisotopic (exact) mass is 232 g/mol. The maximum atomic E-state index is 5.86. The Kier molecular flexibility index (Phi) is 4.19. The van der Waals surface area contributed by atoms with E-state index in [1.165, 1.54) is 37.1 Å². The number of likely N-dealkylation sites (tertiary alicyclic amines) is 1. The predicted molar refractivity (Wildman–Crippen MR) is 72.7 cm³/mol. The van der Waals surface area contributed by atoms with Gasteiger partial charge in [-0.1, -0.05) is 31.2 Å². The van der Waals surface area contributed by atoms with Crippen molar-refractivity contribution in [3.63, 3.8) is 0 Å². The van der Waals surface area contributed by atoms with Crippen LogP contribution in [0.3, 0.4) is 0 Å². The third-order valence-electron chi connectivity index (χ3n) is 3.65. The molecule has 0 radical (unpaired) electrons. The van der Waals surface area contributed by atoms with Gasteiger partial charge in [-0.2, -0.15) is 0 Å². The first-order valence-corrected chi connectivity index (χ1v) is 6.72. The Morgan fingerprint density at radius 3 is 2.65 bits per heavy atom.